The molecule has 0 aliphatic rings. The van der Waals surface area contributed by atoms with Gasteiger partial charge in [-0.1, -0.05) is 6.92 Å². The van der Waals surface area contributed by atoms with Crippen LogP contribution in [0.2, 0.25) is 0 Å². The van der Waals surface area contributed by atoms with E-state index in [0.29, 0.717) is 0 Å². The fourth-order valence-corrected chi connectivity index (χ4v) is 2.30. The first-order valence-electron chi connectivity index (χ1n) is 5.41. The molecule has 2 unspecified atom stereocenters. The summed E-state index contributed by atoms with van der Waals surface area (Å²) in [5.74, 6) is 0. The molecule has 0 fully saturated rings. The van der Waals surface area contributed by atoms with E-state index in [4.69, 9.17) is 5.11 Å². The number of aryl methyl sites for hydroxylation is 1. The predicted octanol–water partition coefficient (Wildman–Crippen LogP) is 2.88. The Kier molecular flexibility index (Phi) is 4.97. The molecule has 6 heteroatoms. The average molecular weight is 267 g/mol. The first-order chi connectivity index (χ1) is 7.84. The van der Waals surface area contributed by atoms with Crippen LogP contribution in [-0.4, -0.2) is 23.9 Å². The summed E-state index contributed by atoms with van der Waals surface area (Å²) >= 11 is 1.57. The van der Waals surface area contributed by atoms with Crippen LogP contribution in [0, 0.1) is 0 Å². The SMILES string of the molecule is CCc1ccc(C(C)NCC(O)C(F)(F)F)s1. The number of hydrogen-bond acceptors (Lipinski definition) is 3. The number of aliphatic hydroxyl groups is 1. The molecule has 0 amide bonds. The van der Waals surface area contributed by atoms with Gasteiger partial charge in [0, 0.05) is 22.3 Å². The number of alkyl halides is 3. The second kappa shape index (κ2) is 5.84. The van der Waals surface area contributed by atoms with Gasteiger partial charge in [0.25, 0.3) is 0 Å². The van der Waals surface area contributed by atoms with Gasteiger partial charge in [0.2, 0.25) is 0 Å². The lowest BCUT2D eigenvalue weighted by atomic mass is 10.2. The summed E-state index contributed by atoms with van der Waals surface area (Å²) in [5.41, 5.74) is 0. The topological polar surface area (TPSA) is 32.3 Å². The van der Waals surface area contributed by atoms with E-state index >= 15 is 0 Å². The van der Waals surface area contributed by atoms with Crippen molar-refractivity contribution in [3.63, 3.8) is 0 Å². The standard InChI is InChI=1S/C11H16F3NOS/c1-3-8-4-5-9(17-8)7(2)15-6-10(16)11(12,13)14/h4-5,7,10,15-16H,3,6H2,1-2H3. The van der Waals surface area contributed by atoms with Crippen molar-refractivity contribution in [1.29, 1.82) is 0 Å². The van der Waals surface area contributed by atoms with E-state index in [2.05, 4.69) is 5.32 Å². The summed E-state index contributed by atoms with van der Waals surface area (Å²) in [5, 5.41) is 11.5. The highest BCUT2D eigenvalue weighted by molar-refractivity contribution is 7.12. The quantitative estimate of drug-likeness (QED) is 0.859. The van der Waals surface area contributed by atoms with Crippen LogP contribution in [0.4, 0.5) is 13.2 Å². The molecule has 0 saturated heterocycles. The van der Waals surface area contributed by atoms with Crippen LogP contribution in [-0.2, 0) is 6.42 Å². The van der Waals surface area contributed by atoms with Gasteiger partial charge < -0.3 is 10.4 Å². The Balaban J connectivity index is 2.47. The molecule has 0 radical (unpaired) electrons. The summed E-state index contributed by atoms with van der Waals surface area (Å²) in [4.78, 5) is 2.18. The van der Waals surface area contributed by atoms with Gasteiger partial charge in [-0.3, -0.25) is 0 Å². The molecule has 17 heavy (non-hydrogen) atoms. The van der Waals surface area contributed by atoms with Crippen LogP contribution < -0.4 is 5.32 Å². The van der Waals surface area contributed by atoms with E-state index in [1.54, 1.807) is 18.3 Å². The largest absolute Gasteiger partial charge is 0.415 e. The highest BCUT2D eigenvalue weighted by Crippen LogP contribution is 2.24. The summed E-state index contributed by atoms with van der Waals surface area (Å²) in [6.07, 6.45) is -5.95. The maximum atomic E-state index is 12.1. The third kappa shape index (κ3) is 4.29. The van der Waals surface area contributed by atoms with E-state index in [1.807, 2.05) is 19.1 Å². The van der Waals surface area contributed by atoms with E-state index < -0.39 is 18.8 Å². The lowest BCUT2D eigenvalue weighted by Crippen LogP contribution is -2.39. The van der Waals surface area contributed by atoms with Gasteiger partial charge in [-0.2, -0.15) is 13.2 Å². The highest BCUT2D eigenvalue weighted by atomic mass is 32.1. The number of rotatable bonds is 5. The third-order valence-corrected chi connectivity index (χ3v) is 3.87. The van der Waals surface area contributed by atoms with Gasteiger partial charge >= 0.3 is 6.18 Å². The van der Waals surface area contributed by atoms with Crippen molar-refractivity contribution in [2.45, 2.75) is 38.6 Å². The minimum atomic E-state index is -4.56. The molecule has 2 nitrogen and oxygen atoms in total. The molecular formula is C11H16F3NOS. The number of hydrogen-bond donors (Lipinski definition) is 2. The smallest absolute Gasteiger partial charge is 0.382 e. The molecule has 0 saturated carbocycles. The second-order valence-corrected chi connectivity index (χ2v) is 5.04. The van der Waals surface area contributed by atoms with Crippen molar-refractivity contribution in [2.24, 2.45) is 0 Å². The first-order valence-corrected chi connectivity index (χ1v) is 6.23. The molecule has 0 aromatic carbocycles. The van der Waals surface area contributed by atoms with Crippen LogP contribution in [0.3, 0.4) is 0 Å². The van der Waals surface area contributed by atoms with Gasteiger partial charge in [0.05, 0.1) is 0 Å². The zero-order chi connectivity index (χ0) is 13.1. The number of nitrogens with one attached hydrogen (secondary N) is 1. The highest BCUT2D eigenvalue weighted by Gasteiger charge is 2.37. The molecule has 1 rings (SSSR count). The fraction of sp³-hybridized carbons (Fsp3) is 0.636. The molecule has 1 aromatic heterocycles. The maximum absolute atomic E-state index is 12.1. The van der Waals surface area contributed by atoms with Gasteiger partial charge in [-0.05, 0) is 25.5 Å². The predicted molar refractivity (Wildman–Crippen MR) is 62.2 cm³/mol. The van der Waals surface area contributed by atoms with Crippen molar-refractivity contribution >= 4 is 11.3 Å². The number of thiophene rings is 1. The van der Waals surface area contributed by atoms with E-state index in [1.165, 1.54) is 4.88 Å². The molecule has 0 aliphatic carbocycles. The lowest BCUT2D eigenvalue weighted by Gasteiger charge is -2.18. The molecule has 0 bridgehead atoms. The van der Waals surface area contributed by atoms with E-state index in [0.717, 1.165) is 11.3 Å². The monoisotopic (exact) mass is 267 g/mol. The van der Waals surface area contributed by atoms with Crippen LogP contribution in [0.15, 0.2) is 12.1 Å². The van der Waals surface area contributed by atoms with Crippen LogP contribution >= 0.6 is 11.3 Å². The summed E-state index contributed by atoms with van der Waals surface area (Å²) in [6.45, 7) is 3.33. The van der Waals surface area contributed by atoms with E-state index in [-0.39, 0.29) is 6.04 Å². The minimum Gasteiger partial charge on any atom is -0.382 e. The fourth-order valence-electron chi connectivity index (χ4n) is 1.32. The lowest BCUT2D eigenvalue weighted by molar-refractivity contribution is -0.202. The molecule has 0 spiro atoms. The molecule has 2 N–H and O–H groups in total. The maximum Gasteiger partial charge on any atom is 0.415 e. The molecule has 1 heterocycles. The molecule has 0 aliphatic heterocycles. The van der Waals surface area contributed by atoms with Crippen LogP contribution in [0.25, 0.3) is 0 Å². The van der Waals surface area contributed by atoms with Crippen molar-refractivity contribution in [1.82, 2.24) is 5.32 Å². The zero-order valence-corrected chi connectivity index (χ0v) is 10.5. The van der Waals surface area contributed by atoms with Crippen molar-refractivity contribution in [3.05, 3.63) is 21.9 Å². The Hall–Kier alpha value is -0.590. The van der Waals surface area contributed by atoms with Crippen molar-refractivity contribution in [2.75, 3.05) is 6.54 Å². The molecule has 2 atom stereocenters. The Morgan fingerprint density at radius 3 is 2.53 bits per heavy atom. The van der Waals surface area contributed by atoms with Gasteiger partial charge in [-0.25, -0.2) is 0 Å². The zero-order valence-electron chi connectivity index (χ0n) is 9.71. The second-order valence-electron chi connectivity index (χ2n) is 3.84. The Bertz CT molecular complexity index is 351. The number of aliphatic hydroxyl groups excluding tert-OH is 1. The van der Waals surface area contributed by atoms with Gasteiger partial charge in [0.15, 0.2) is 6.10 Å². The van der Waals surface area contributed by atoms with E-state index in [9.17, 15) is 13.2 Å². The van der Waals surface area contributed by atoms with Gasteiger partial charge in [-0.15, -0.1) is 11.3 Å². The third-order valence-electron chi connectivity index (χ3n) is 2.45. The van der Waals surface area contributed by atoms with Crippen molar-refractivity contribution < 1.29 is 18.3 Å². The first kappa shape index (κ1) is 14.5. The summed E-state index contributed by atoms with van der Waals surface area (Å²) < 4.78 is 36.2. The van der Waals surface area contributed by atoms with Gasteiger partial charge in [0.1, 0.15) is 0 Å². The number of halogens is 3. The Morgan fingerprint density at radius 2 is 2.06 bits per heavy atom. The minimum absolute atomic E-state index is 0.183. The molecular weight excluding hydrogens is 251 g/mol. The van der Waals surface area contributed by atoms with Crippen molar-refractivity contribution in [3.8, 4) is 0 Å². The molecule has 1 aromatic rings. The average Bonchev–Trinajstić information content (AvgIpc) is 2.72. The summed E-state index contributed by atoms with van der Waals surface area (Å²) in [6, 6.07) is 3.69. The normalized spacial score (nSPS) is 15.9. The Morgan fingerprint density at radius 1 is 1.41 bits per heavy atom. The molecule has 98 valence electrons. The van der Waals surface area contributed by atoms with Crippen LogP contribution in [0.1, 0.15) is 29.6 Å². The summed E-state index contributed by atoms with van der Waals surface area (Å²) in [7, 11) is 0. The Labute approximate surface area is 102 Å². The van der Waals surface area contributed by atoms with Crippen LogP contribution in [0.5, 0.6) is 0 Å².